The molecule has 0 aromatic rings. The quantitative estimate of drug-likeness (QED) is 0.354. The zero-order valence-corrected chi connectivity index (χ0v) is 16.9. The first kappa shape index (κ1) is 21.0. The molecule has 0 amide bonds. The van der Waals surface area contributed by atoms with Crippen LogP contribution >= 0.6 is 0 Å². The molecule has 0 aromatic heterocycles. The molecule has 8 nitrogen and oxygen atoms in total. The summed E-state index contributed by atoms with van der Waals surface area (Å²) in [7, 11) is 0. The van der Waals surface area contributed by atoms with Crippen LogP contribution in [-0.4, -0.2) is 73.6 Å². The van der Waals surface area contributed by atoms with Crippen LogP contribution in [0.5, 0.6) is 0 Å². The van der Waals surface area contributed by atoms with Gasteiger partial charge in [-0.15, -0.1) is 0 Å². The van der Waals surface area contributed by atoms with Gasteiger partial charge in [0, 0.05) is 0 Å². The van der Waals surface area contributed by atoms with E-state index in [1.54, 1.807) is 0 Å². The summed E-state index contributed by atoms with van der Waals surface area (Å²) in [6.45, 7) is 0. The Morgan fingerprint density at radius 3 is 1.08 bits per heavy atom. The van der Waals surface area contributed by atoms with Crippen LogP contribution in [0.15, 0.2) is 0 Å². The van der Waals surface area contributed by atoms with E-state index in [0.717, 1.165) is 12.8 Å². The summed E-state index contributed by atoms with van der Waals surface area (Å²) >= 11 is -4.53. The number of carboxylic acid groups (broad SMARTS) is 4. The fourth-order valence-corrected chi connectivity index (χ4v) is 17.7. The molecule has 4 N–H and O–H groups in total. The molecule has 2 atom stereocenters. The number of hydrogen-bond acceptors (Lipinski definition) is 4. The Labute approximate surface area is 148 Å². The van der Waals surface area contributed by atoms with Crippen molar-refractivity contribution >= 4 is 53.2 Å². The summed E-state index contributed by atoms with van der Waals surface area (Å²) in [5.41, 5.74) is 0. The van der Waals surface area contributed by atoms with Gasteiger partial charge in [-0.2, -0.15) is 0 Å². The zero-order chi connectivity index (χ0) is 18.3. The molecule has 0 bridgehead atoms. The maximum absolute atomic E-state index is 11.1. The van der Waals surface area contributed by atoms with Gasteiger partial charge in [0.2, 0.25) is 0 Å². The third kappa shape index (κ3) is 7.26. The minimum atomic E-state index is -2.26. The van der Waals surface area contributed by atoms with Crippen molar-refractivity contribution in [1.29, 1.82) is 0 Å². The minimum absolute atomic E-state index is 0.0721. The monoisotopic (exact) mass is 468 g/mol. The molecule has 0 heterocycles. The fraction of sp³-hybridized carbons (Fsp3) is 0.714. The van der Waals surface area contributed by atoms with E-state index in [1.165, 1.54) is 0 Å². The van der Waals surface area contributed by atoms with Crippen molar-refractivity contribution in [2.75, 3.05) is 0 Å². The number of rotatable bonds is 10. The Morgan fingerprint density at radius 1 is 0.625 bits per heavy atom. The molecule has 0 radical (unpaired) electrons. The molecule has 24 heavy (non-hydrogen) atoms. The Bertz CT molecular complexity index is 419. The first-order valence-corrected chi connectivity index (χ1v) is 15.0. The third-order valence-corrected chi connectivity index (χ3v) is 17.3. The van der Waals surface area contributed by atoms with E-state index in [2.05, 4.69) is 0 Å². The van der Waals surface area contributed by atoms with E-state index in [4.69, 9.17) is 20.4 Å². The van der Waals surface area contributed by atoms with Crippen molar-refractivity contribution in [3.05, 3.63) is 0 Å². The predicted octanol–water partition coefficient (Wildman–Crippen LogP) is 1.63. The molecule has 1 rings (SSSR count). The van der Waals surface area contributed by atoms with Crippen LogP contribution in [0.2, 0.25) is 30.2 Å². The second-order valence-electron chi connectivity index (χ2n) is 5.80. The number of hydrogen-bond donors (Lipinski definition) is 4. The number of carboxylic acids is 4. The molecule has 2 unspecified atom stereocenters. The van der Waals surface area contributed by atoms with Crippen molar-refractivity contribution in [2.45, 2.75) is 55.9 Å². The van der Waals surface area contributed by atoms with E-state index in [9.17, 15) is 19.2 Å². The van der Waals surface area contributed by atoms with Crippen molar-refractivity contribution in [1.82, 2.24) is 0 Å². The van der Waals surface area contributed by atoms with E-state index >= 15 is 0 Å². The molecule has 1 aliphatic carbocycles. The summed E-state index contributed by atoms with van der Waals surface area (Å²) in [6.07, 6.45) is 3.15. The molecular formula is C14H22As2O8. The molecule has 1 aliphatic rings. The van der Waals surface area contributed by atoms with E-state index in [1.807, 2.05) is 0 Å². The molecular weight excluding hydrogens is 446 g/mol. The van der Waals surface area contributed by atoms with Gasteiger partial charge in [0.1, 0.15) is 0 Å². The molecule has 0 saturated heterocycles. The first-order valence-electron chi connectivity index (χ1n) is 7.56. The van der Waals surface area contributed by atoms with Gasteiger partial charge >= 0.3 is 149 Å². The molecule has 1 fully saturated rings. The van der Waals surface area contributed by atoms with Gasteiger partial charge in [-0.3, -0.25) is 0 Å². The molecule has 136 valence electrons. The van der Waals surface area contributed by atoms with Gasteiger partial charge in [-0.05, 0) is 0 Å². The van der Waals surface area contributed by atoms with Crippen LogP contribution in [0.3, 0.4) is 0 Å². The van der Waals surface area contributed by atoms with Gasteiger partial charge in [0.25, 0.3) is 0 Å². The van der Waals surface area contributed by atoms with Gasteiger partial charge in [0.15, 0.2) is 0 Å². The molecule has 0 spiro atoms. The molecule has 1 saturated carbocycles. The fourth-order valence-electron chi connectivity index (χ4n) is 3.22. The maximum atomic E-state index is 11.1. The van der Waals surface area contributed by atoms with Crippen molar-refractivity contribution in [2.24, 2.45) is 0 Å². The zero-order valence-electron chi connectivity index (χ0n) is 13.1. The van der Waals surface area contributed by atoms with Gasteiger partial charge in [0.05, 0.1) is 0 Å². The summed E-state index contributed by atoms with van der Waals surface area (Å²) in [6, 6.07) is 0. The molecule has 0 aliphatic heterocycles. The van der Waals surface area contributed by atoms with Crippen LogP contribution in [0.4, 0.5) is 0 Å². The van der Waals surface area contributed by atoms with E-state index in [-0.39, 0.29) is 30.2 Å². The summed E-state index contributed by atoms with van der Waals surface area (Å²) in [5.74, 6) is -4.07. The average molecular weight is 468 g/mol. The van der Waals surface area contributed by atoms with E-state index in [0.29, 0.717) is 12.8 Å². The Hall–Kier alpha value is -1.00. The Morgan fingerprint density at radius 2 is 0.875 bits per heavy atom. The van der Waals surface area contributed by atoms with Crippen LogP contribution in [-0.2, 0) is 19.2 Å². The van der Waals surface area contributed by atoms with Gasteiger partial charge in [-0.1, -0.05) is 0 Å². The Balaban J connectivity index is 3.03. The summed E-state index contributed by atoms with van der Waals surface area (Å²) in [4.78, 5) is 44.5. The Kier molecular flexibility index (Phi) is 8.85. The van der Waals surface area contributed by atoms with Crippen molar-refractivity contribution in [3.63, 3.8) is 0 Å². The number of aliphatic carboxylic acids is 4. The molecule has 0 aromatic carbocycles. The van der Waals surface area contributed by atoms with Crippen molar-refractivity contribution < 1.29 is 39.6 Å². The molecule has 10 heteroatoms. The van der Waals surface area contributed by atoms with E-state index < -0.39 is 53.2 Å². The van der Waals surface area contributed by atoms with Gasteiger partial charge in [-0.25, -0.2) is 0 Å². The van der Waals surface area contributed by atoms with Crippen molar-refractivity contribution in [3.8, 4) is 0 Å². The second kappa shape index (κ2) is 10.1. The number of carbonyl (C=O) groups is 4. The first-order chi connectivity index (χ1) is 11.2. The van der Waals surface area contributed by atoms with Gasteiger partial charge < -0.3 is 0 Å². The summed E-state index contributed by atoms with van der Waals surface area (Å²) in [5, 5.41) is 35.9. The average Bonchev–Trinajstić information content (AvgIpc) is 2.44. The normalized spacial score (nSPS) is 20.9. The summed E-state index contributed by atoms with van der Waals surface area (Å²) < 4.78 is -0.144. The SMILES string of the molecule is O=C(O)C[As](CC(=O)O)C1CCCCC1[As](CC(=O)O)CC(=O)O. The predicted molar refractivity (Wildman–Crippen MR) is 87.2 cm³/mol. The van der Waals surface area contributed by atoms with Crippen LogP contribution in [0.25, 0.3) is 0 Å². The van der Waals surface area contributed by atoms with Crippen LogP contribution in [0, 0.1) is 0 Å². The standard InChI is InChI=1S/C14H22As2O8/c17-11(18)5-15(6-12(19)20)9-3-1-2-4-10(9)16(7-13(21)22)8-14(23)24/h9-10H,1-8H2,(H,17,18)(H,19,20)(H,21,22)(H,23,24). The second-order valence-corrected chi connectivity index (χ2v) is 16.2. The van der Waals surface area contributed by atoms with Crippen LogP contribution < -0.4 is 0 Å². The topological polar surface area (TPSA) is 149 Å². The third-order valence-electron chi connectivity index (χ3n) is 3.99. The van der Waals surface area contributed by atoms with Crippen LogP contribution in [0.1, 0.15) is 25.7 Å².